The zero-order valence-corrected chi connectivity index (χ0v) is 36.9. The van der Waals surface area contributed by atoms with Crippen LogP contribution in [0.4, 0.5) is 0 Å². The van der Waals surface area contributed by atoms with E-state index in [4.69, 9.17) is 37.9 Å². The second-order valence-corrected chi connectivity index (χ2v) is 21.0. The SMILES string of the molecule is C[C@H]1[C@H]2[C@H](C[C@@H]3[C@@H]4CC=C5C[C@@H](O[C@@H]6O[C@H](CO)[C@H](O[C@@H]7O[C@H](CO)[C@@H](O)[C@H](O)[C@H]7O[C@@H]7O[C@H](CO)[C@@H](O)[C@H](O)[C@H]7O)[C@H](O)[C@H]6O)CC[C@]5(C)[C@H]4CC[C@]23C)O[C@]12CC[C@@H](CO)CO2. The van der Waals surface area contributed by atoms with Gasteiger partial charge >= 0.3 is 0 Å². The molecule has 5 heterocycles. The minimum Gasteiger partial charge on any atom is -0.396 e. The molecule has 1 spiro atoms. The Hall–Kier alpha value is -1.02. The number of fused-ring (bicyclic) bond motifs is 7. The third kappa shape index (κ3) is 7.87. The largest absolute Gasteiger partial charge is 0.396 e. The van der Waals surface area contributed by atoms with Crippen LogP contribution in [-0.4, -0.2) is 199 Å². The summed E-state index contributed by atoms with van der Waals surface area (Å²) in [5.74, 6) is 1.90. The zero-order valence-electron chi connectivity index (χ0n) is 36.9. The summed E-state index contributed by atoms with van der Waals surface area (Å²) in [5.41, 5.74) is 1.45. The first-order valence-corrected chi connectivity index (χ1v) is 23.7. The van der Waals surface area contributed by atoms with Crippen LogP contribution in [0.1, 0.15) is 78.6 Å². The molecule has 5 saturated heterocycles. The molecule has 0 unspecified atom stereocenters. The van der Waals surface area contributed by atoms with Crippen molar-refractivity contribution in [3.05, 3.63) is 11.6 Å². The molecule has 9 rings (SSSR count). The van der Waals surface area contributed by atoms with Gasteiger partial charge in [-0.25, -0.2) is 0 Å². The highest BCUT2D eigenvalue weighted by Gasteiger charge is 2.69. The lowest BCUT2D eigenvalue weighted by molar-refractivity contribution is -0.390. The van der Waals surface area contributed by atoms with Gasteiger partial charge in [-0.05, 0) is 85.9 Å². The fraction of sp³-hybridized carbons (Fsp3) is 0.956. The average Bonchev–Trinajstić information content (AvgIpc) is 3.74. The highest BCUT2D eigenvalue weighted by atomic mass is 16.8. The van der Waals surface area contributed by atoms with Crippen LogP contribution in [-0.2, 0) is 37.9 Å². The van der Waals surface area contributed by atoms with E-state index < -0.39 is 118 Å². The summed E-state index contributed by atoms with van der Waals surface area (Å²) in [6.45, 7) is 5.64. The summed E-state index contributed by atoms with van der Waals surface area (Å²) in [7, 11) is 0. The molecule has 11 N–H and O–H groups in total. The Morgan fingerprint density at radius 1 is 0.641 bits per heavy atom. The van der Waals surface area contributed by atoms with E-state index >= 15 is 0 Å². The third-order valence-corrected chi connectivity index (χ3v) is 17.9. The van der Waals surface area contributed by atoms with E-state index in [0.29, 0.717) is 43.1 Å². The molecule has 19 nitrogen and oxygen atoms in total. The van der Waals surface area contributed by atoms with E-state index in [-0.39, 0.29) is 41.5 Å². The molecule has 0 amide bonds. The second-order valence-electron chi connectivity index (χ2n) is 21.0. The molecule has 9 aliphatic rings. The van der Waals surface area contributed by atoms with Gasteiger partial charge in [-0.3, -0.25) is 0 Å². The van der Waals surface area contributed by atoms with E-state index in [9.17, 15) is 56.2 Å². The van der Waals surface area contributed by atoms with Crippen LogP contribution in [0.5, 0.6) is 0 Å². The lowest BCUT2D eigenvalue weighted by Crippen LogP contribution is -2.67. The lowest BCUT2D eigenvalue weighted by atomic mass is 9.47. The normalized spacial score (nSPS) is 56.2. The molecule has 0 aromatic carbocycles. The van der Waals surface area contributed by atoms with Gasteiger partial charge < -0.3 is 94.1 Å². The van der Waals surface area contributed by atoms with Crippen molar-refractivity contribution in [3.63, 3.8) is 0 Å². The predicted octanol–water partition coefficient (Wildman–Crippen LogP) is -1.84. The van der Waals surface area contributed by atoms with Crippen molar-refractivity contribution in [2.24, 2.45) is 46.3 Å². The lowest BCUT2D eigenvalue weighted by Gasteiger charge is -2.58. The Morgan fingerprint density at radius 2 is 1.27 bits per heavy atom. The first-order chi connectivity index (χ1) is 30.5. The maximum atomic E-state index is 11.5. The number of aliphatic hydroxyl groups excluding tert-OH is 11. The third-order valence-electron chi connectivity index (χ3n) is 17.9. The Balaban J connectivity index is 0.845. The second kappa shape index (κ2) is 18.4. The van der Waals surface area contributed by atoms with Gasteiger partial charge in [0.2, 0.25) is 0 Å². The zero-order chi connectivity index (χ0) is 45.6. The van der Waals surface area contributed by atoms with E-state index in [1.54, 1.807) is 0 Å². The monoisotopic (exact) mass is 916 g/mol. The molecule has 64 heavy (non-hydrogen) atoms. The molecule has 0 aromatic rings. The fourth-order valence-corrected chi connectivity index (χ4v) is 14.2. The van der Waals surface area contributed by atoms with Gasteiger partial charge in [0, 0.05) is 24.9 Å². The van der Waals surface area contributed by atoms with Crippen molar-refractivity contribution in [2.45, 2.75) is 189 Å². The Morgan fingerprint density at radius 3 is 1.94 bits per heavy atom. The minimum atomic E-state index is -1.90. The Labute approximate surface area is 373 Å². The number of ether oxygens (including phenoxy) is 8. The van der Waals surface area contributed by atoms with Gasteiger partial charge in [-0.15, -0.1) is 0 Å². The molecule has 5 aliphatic heterocycles. The number of allylic oxidation sites excluding steroid dienone is 1. The first-order valence-electron chi connectivity index (χ1n) is 23.7. The van der Waals surface area contributed by atoms with Crippen molar-refractivity contribution < 1.29 is 94.1 Å². The molecule has 4 aliphatic carbocycles. The smallest absolute Gasteiger partial charge is 0.187 e. The summed E-state index contributed by atoms with van der Waals surface area (Å²) >= 11 is 0. The molecule has 0 radical (unpaired) electrons. The van der Waals surface area contributed by atoms with Gasteiger partial charge in [0.25, 0.3) is 0 Å². The predicted molar refractivity (Wildman–Crippen MR) is 217 cm³/mol. The van der Waals surface area contributed by atoms with Crippen LogP contribution >= 0.6 is 0 Å². The number of aliphatic hydroxyl groups is 11. The summed E-state index contributed by atoms with van der Waals surface area (Å²) < 4.78 is 48.8. The van der Waals surface area contributed by atoms with Crippen molar-refractivity contribution in [2.75, 3.05) is 33.0 Å². The van der Waals surface area contributed by atoms with Gasteiger partial charge in [-0.1, -0.05) is 32.4 Å². The van der Waals surface area contributed by atoms with Crippen molar-refractivity contribution in [1.29, 1.82) is 0 Å². The van der Waals surface area contributed by atoms with Crippen LogP contribution in [0, 0.1) is 46.3 Å². The highest BCUT2D eigenvalue weighted by Crippen LogP contribution is 2.70. The number of hydrogen-bond donors (Lipinski definition) is 11. The summed E-state index contributed by atoms with van der Waals surface area (Å²) in [6.07, 6.45) is -14.4. The molecule has 19 heteroatoms. The standard InChI is InChI=1S/C45H72O19/c1-19-30-26(64-45(19)11-6-20(14-46)18-57-45)13-25-23-5-4-21-12-22(7-9-43(21,2)24(23)8-10-44(25,30)3)58-40-37(56)35(54)38(29(17-49)61-40)62-42-39(34(53)32(51)28(16-48)60-42)63-41-36(55)33(52)31(50)27(15-47)59-41/h4,19-20,22-42,46-56H,5-18H2,1-3H3/t19-,20-,22-,23+,24-,25+,26-,27+,28+,29+,30-,31+,32+,33-,34-,35+,36+,37+,38-,39+,40+,41-,42-,43-,44-,45+/m0/s1. The van der Waals surface area contributed by atoms with Gasteiger partial charge in [-0.2, -0.15) is 0 Å². The molecule has 366 valence electrons. The molecule has 26 atom stereocenters. The van der Waals surface area contributed by atoms with Crippen LogP contribution in [0.25, 0.3) is 0 Å². The summed E-state index contributed by atoms with van der Waals surface area (Å²) in [6, 6.07) is 0. The Kier molecular flexibility index (Phi) is 13.8. The highest BCUT2D eigenvalue weighted by molar-refractivity contribution is 5.26. The maximum Gasteiger partial charge on any atom is 0.187 e. The first kappa shape index (κ1) is 48.0. The van der Waals surface area contributed by atoms with E-state index in [1.807, 2.05) is 0 Å². The topological polar surface area (TPSA) is 296 Å². The molecular formula is C45H72O19. The molecule has 0 bridgehead atoms. The van der Waals surface area contributed by atoms with Crippen LogP contribution in [0.3, 0.4) is 0 Å². The van der Waals surface area contributed by atoms with E-state index in [1.165, 1.54) is 5.57 Å². The number of hydrogen-bond acceptors (Lipinski definition) is 19. The fourth-order valence-electron chi connectivity index (χ4n) is 14.2. The van der Waals surface area contributed by atoms with Crippen LogP contribution < -0.4 is 0 Å². The van der Waals surface area contributed by atoms with Crippen LogP contribution in [0.2, 0.25) is 0 Å². The average molecular weight is 917 g/mol. The van der Waals surface area contributed by atoms with Crippen molar-refractivity contribution in [3.8, 4) is 0 Å². The maximum absolute atomic E-state index is 11.5. The van der Waals surface area contributed by atoms with E-state index in [2.05, 4.69) is 26.8 Å². The van der Waals surface area contributed by atoms with Gasteiger partial charge in [0.1, 0.15) is 73.2 Å². The van der Waals surface area contributed by atoms with Crippen molar-refractivity contribution >= 4 is 0 Å². The quantitative estimate of drug-likeness (QED) is 0.107. The van der Waals surface area contributed by atoms with Gasteiger partial charge in [0.05, 0.1) is 38.6 Å². The van der Waals surface area contributed by atoms with Gasteiger partial charge in [0.15, 0.2) is 24.7 Å². The molecule has 8 fully saturated rings. The minimum absolute atomic E-state index is 0.0296. The van der Waals surface area contributed by atoms with E-state index in [0.717, 1.165) is 44.9 Å². The van der Waals surface area contributed by atoms with Crippen molar-refractivity contribution in [1.82, 2.24) is 0 Å². The molecule has 0 aromatic heterocycles. The van der Waals surface area contributed by atoms with Crippen LogP contribution in [0.15, 0.2) is 11.6 Å². The number of rotatable bonds is 10. The Bertz CT molecular complexity index is 1640. The molecular weight excluding hydrogens is 844 g/mol. The summed E-state index contributed by atoms with van der Waals surface area (Å²) in [5, 5.41) is 116. The molecule has 3 saturated carbocycles. The summed E-state index contributed by atoms with van der Waals surface area (Å²) in [4.78, 5) is 0.